The first-order valence-corrected chi connectivity index (χ1v) is 15.8. The van der Waals surface area contributed by atoms with Crippen LogP contribution in [0.3, 0.4) is 0 Å². The third-order valence-electron chi connectivity index (χ3n) is 9.56. The van der Waals surface area contributed by atoms with Gasteiger partial charge in [0.2, 0.25) is 5.95 Å². The molecule has 0 aliphatic rings. The van der Waals surface area contributed by atoms with E-state index in [0.717, 1.165) is 87.6 Å². The van der Waals surface area contributed by atoms with Gasteiger partial charge in [-0.05, 0) is 46.5 Å². The van der Waals surface area contributed by atoms with E-state index in [4.69, 9.17) is 18.8 Å². The number of benzene rings is 7. The second kappa shape index (κ2) is 9.05. The maximum absolute atomic E-state index is 6.88. The summed E-state index contributed by atoms with van der Waals surface area (Å²) in [5.74, 6) is 0.584. The van der Waals surface area contributed by atoms with Crippen LogP contribution in [0.2, 0.25) is 0 Å². The van der Waals surface area contributed by atoms with Crippen LogP contribution in [0.1, 0.15) is 0 Å². The molecule has 11 aromatic rings. The molecule has 0 bridgehead atoms. The predicted molar refractivity (Wildman–Crippen MR) is 191 cm³/mol. The van der Waals surface area contributed by atoms with Gasteiger partial charge in [0.15, 0.2) is 5.58 Å². The average Bonchev–Trinajstić information content (AvgIpc) is 3.80. The summed E-state index contributed by atoms with van der Waals surface area (Å²) in [6.45, 7) is 0. The number of aromatic nitrogens is 3. The summed E-state index contributed by atoms with van der Waals surface area (Å²) < 4.78 is 15.5. The molecule has 4 aromatic heterocycles. The Bertz CT molecular complexity index is 3070. The molecule has 0 aliphatic heterocycles. The van der Waals surface area contributed by atoms with Gasteiger partial charge in [-0.3, -0.25) is 4.57 Å². The minimum Gasteiger partial charge on any atom is -0.455 e. The van der Waals surface area contributed by atoms with Crippen molar-refractivity contribution in [3.8, 4) is 17.2 Å². The van der Waals surface area contributed by atoms with E-state index < -0.39 is 0 Å². The standard InChI is InChI=1S/C42H23N3O2/c1-2-12-24(13-3-1)37-41-38(30-19-9-11-21-33(30)46-41)44-42(43-37)45-32-20-10-8-18-29(32)36-39(45)28-17-7-6-16-27(28)35-31-22-25-14-4-5-15-26(25)23-34(31)47-40(35)36/h1-23H. The molecule has 0 atom stereocenters. The highest BCUT2D eigenvalue weighted by molar-refractivity contribution is 6.35. The van der Waals surface area contributed by atoms with Crippen molar-refractivity contribution in [3.63, 3.8) is 0 Å². The van der Waals surface area contributed by atoms with E-state index in [1.54, 1.807) is 0 Å². The molecule has 0 aliphatic carbocycles. The molecule has 0 saturated carbocycles. The molecule has 7 aromatic carbocycles. The zero-order valence-electron chi connectivity index (χ0n) is 24.9. The zero-order valence-corrected chi connectivity index (χ0v) is 24.9. The SMILES string of the molecule is c1ccc(-c2nc(-n3c4ccccc4c4c5oc6cc7ccccc7cc6c5c5ccccc5c43)nc3c2oc2ccccc23)cc1. The second-order valence-electron chi connectivity index (χ2n) is 12.1. The first kappa shape index (κ1) is 24.8. The van der Waals surface area contributed by atoms with Crippen molar-refractivity contribution in [3.05, 3.63) is 140 Å². The van der Waals surface area contributed by atoms with Crippen molar-refractivity contribution in [2.45, 2.75) is 0 Å². The van der Waals surface area contributed by atoms with Gasteiger partial charge in [-0.25, -0.2) is 9.97 Å². The Morgan fingerprint density at radius 1 is 0.468 bits per heavy atom. The summed E-state index contributed by atoms with van der Waals surface area (Å²) in [6, 6.07) is 48.3. The molecule has 0 saturated heterocycles. The fourth-order valence-corrected chi connectivity index (χ4v) is 7.54. The smallest absolute Gasteiger partial charge is 0.236 e. The molecule has 0 amide bonds. The lowest BCUT2D eigenvalue weighted by Gasteiger charge is -2.11. The van der Waals surface area contributed by atoms with Crippen molar-refractivity contribution >= 4 is 87.4 Å². The number of hydrogen-bond donors (Lipinski definition) is 0. The van der Waals surface area contributed by atoms with Crippen LogP contribution in [0.5, 0.6) is 0 Å². The molecule has 218 valence electrons. The molecule has 0 fully saturated rings. The molecule has 5 nitrogen and oxygen atoms in total. The van der Waals surface area contributed by atoms with Gasteiger partial charge in [0, 0.05) is 32.5 Å². The lowest BCUT2D eigenvalue weighted by Crippen LogP contribution is -2.03. The normalized spacial score (nSPS) is 12.3. The number of para-hydroxylation sites is 2. The molecule has 0 N–H and O–H groups in total. The van der Waals surface area contributed by atoms with Gasteiger partial charge >= 0.3 is 0 Å². The van der Waals surface area contributed by atoms with E-state index in [1.165, 1.54) is 5.39 Å². The molecular formula is C42H23N3O2. The fourth-order valence-electron chi connectivity index (χ4n) is 7.54. The van der Waals surface area contributed by atoms with E-state index in [-0.39, 0.29) is 0 Å². The van der Waals surface area contributed by atoms with E-state index in [1.807, 2.05) is 36.4 Å². The van der Waals surface area contributed by atoms with Gasteiger partial charge in [0.1, 0.15) is 28.0 Å². The Morgan fingerprint density at radius 2 is 1.13 bits per heavy atom. The van der Waals surface area contributed by atoms with Gasteiger partial charge in [0.25, 0.3) is 0 Å². The summed E-state index contributed by atoms with van der Waals surface area (Å²) in [4.78, 5) is 10.6. The lowest BCUT2D eigenvalue weighted by molar-refractivity contribution is 0.666. The van der Waals surface area contributed by atoms with Crippen LogP contribution in [0, 0.1) is 0 Å². The van der Waals surface area contributed by atoms with Crippen molar-refractivity contribution in [2.75, 3.05) is 0 Å². The number of nitrogens with zero attached hydrogens (tertiary/aromatic N) is 3. The van der Waals surface area contributed by atoms with Gasteiger partial charge in [-0.1, -0.05) is 109 Å². The highest BCUT2D eigenvalue weighted by Gasteiger charge is 2.25. The van der Waals surface area contributed by atoms with Crippen LogP contribution in [0.4, 0.5) is 0 Å². The summed E-state index contributed by atoms with van der Waals surface area (Å²) >= 11 is 0. The third-order valence-corrected chi connectivity index (χ3v) is 9.56. The van der Waals surface area contributed by atoms with E-state index in [9.17, 15) is 0 Å². The summed E-state index contributed by atoms with van der Waals surface area (Å²) in [5, 5.41) is 9.93. The van der Waals surface area contributed by atoms with Crippen molar-refractivity contribution < 1.29 is 8.83 Å². The molecule has 5 heteroatoms. The first-order chi connectivity index (χ1) is 23.3. The number of hydrogen-bond acceptors (Lipinski definition) is 4. The molecule has 47 heavy (non-hydrogen) atoms. The van der Waals surface area contributed by atoms with Crippen LogP contribution in [0.25, 0.3) is 105 Å². The number of furan rings is 2. The van der Waals surface area contributed by atoms with E-state index >= 15 is 0 Å². The van der Waals surface area contributed by atoms with Gasteiger partial charge in [-0.2, -0.15) is 0 Å². The van der Waals surface area contributed by atoms with Crippen LogP contribution >= 0.6 is 0 Å². The molecule has 0 unspecified atom stereocenters. The predicted octanol–water partition coefficient (Wildman–Crippen LogP) is 11.3. The van der Waals surface area contributed by atoms with Crippen molar-refractivity contribution in [1.29, 1.82) is 0 Å². The van der Waals surface area contributed by atoms with E-state index in [2.05, 4.69) is 108 Å². The maximum atomic E-state index is 6.88. The summed E-state index contributed by atoms with van der Waals surface area (Å²) in [5.41, 5.74) is 7.76. The number of fused-ring (bicyclic) bond motifs is 14. The zero-order chi connectivity index (χ0) is 30.6. The Kier molecular flexibility index (Phi) is 4.78. The minimum atomic E-state index is 0.584. The Morgan fingerprint density at radius 3 is 1.98 bits per heavy atom. The van der Waals surface area contributed by atoms with Crippen LogP contribution in [-0.4, -0.2) is 14.5 Å². The monoisotopic (exact) mass is 601 g/mol. The van der Waals surface area contributed by atoms with Crippen molar-refractivity contribution in [1.82, 2.24) is 14.5 Å². The van der Waals surface area contributed by atoms with Crippen LogP contribution in [-0.2, 0) is 0 Å². The molecular weight excluding hydrogens is 578 g/mol. The van der Waals surface area contributed by atoms with Crippen molar-refractivity contribution in [2.24, 2.45) is 0 Å². The Labute approximate surface area is 266 Å². The quantitative estimate of drug-likeness (QED) is 0.198. The van der Waals surface area contributed by atoms with Crippen LogP contribution in [0.15, 0.2) is 148 Å². The third kappa shape index (κ3) is 3.32. The topological polar surface area (TPSA) is 57.0 Å². The maximum Gasteiger partial charge on any atom is 0.236 e. The van der Waals surface area contributed by atoms with Gasteiger partial charge in [0.05, 0.1) is 16.4 Å². The highest BCUT2D eigenvalue weighted by atomic mass is 16.3. The van der Waals surface area contributed by atoms with E-state index in [0.29, 0.717) is 11.5 Å². The van der Waals surface area contributed by atoms with Crippen LogP contribution < -0.4 is 0 Å². The summed E-state index contributed by atoms with van der Waals surface area (Å²) in [7, 11) is 0. The first-order valence-electron chi connectivity index (χ1n) is 15.8. The van der Waals surface area contributed by atoms with Gasteiger partial charge in [-0.15, -0.1) is 0 Å². The van der Waals surface area contributed by atoms with Gasteiger partial charge < -0.3 is 8.83 Å². The number of rotatable bonds is 2. The second-order valence-corrected chi connectivity index (χ2v) is 12.1. The lowest BCUT2D eigenvalue weighted by atomic mass is 9.98. The molecule has 4 heterocycles. The molecule has 0 spiro atoms. The highest BCUT2D eigenvalue weighted by Crippen LogP contribution is 2.46. The Hall–Kier alpha value is -6.46. The average molecular weight is 602 g/mol. The summed E-state index contributed by atoms with van der Waals surface area (Å²) in [6.07, 6.45) is 0. The largest absolute Gasteiger partial charge is 0.455 e. The molecule has 0 radical (unpaired) electrons. The Balaban J connectivity index is 1.36. The molecule has 11 rings (SSSR count). The fraction of sp³-hybridized carbons (Fsp3) is 0. The minimum absolute atomic E-state index is 0.584.